The van der Waals surface area contributed by atoms with Crippen LogP contribution in [0.15, 0.2) is 65.4 Å². The van der Waals surface area contributed by atoms with Crippen molar-refractivity contribution in [2.75, 3.05) is 12.4 Å². The molecule has 6 nitrogen and oxygen atoms in total. The van der Waals surface area contributed by atoms with Crippen LogP contribution in [0.4, 0.5) is 10.5 Å². The fraction of sp³-hybridized carbons (Fsp3) is 0.111. The van der Waals surface area contributed by atoms with Crippen molar-refractivity contribution in [2.24, 2.45) is 0 Å². The van der Waals surface area contributed by atoms with E-state index in [1.54, 1.807) is 31.7 Å². The van der Waals surface area contributed by atoms with E-state index >= 15 is 0 Å². The number of aromatic nitrogens is 1. The number of amides is 2. The summed E-state index contributed by atoms with van der Waals surface area (Å²) in [6.07, 6.45) is 3.32. The zero-order valence-electron chi connectivity index (χ0n) is 13.2. The van der Waals surface area contributed by atoms with E-state index in [1.807, 2.05) is 36.4 Å². The predicted molar refractivity (Wildman–Crippen MR) is 90.8 cm³/mol. The highest BCUT2D eigenvalue weighted by atomic mass is 16.5. The van der Waals surface area contributed by atoms with Gasteiger partial charge in [0.1, 0.15) is 11.4 Å². The Balaban J connectivity index is 1.56. The number of para-hydroxylation sites is 2. The minimum atomic E-state index is -0.311. The van der Waals surface area contributed by atoms with Gasteiger partial charge in [0, 0.05) is 12.7 Å². The van der Waals surface area contributed by atoms with Crippen molar-refractivity contribution in [3.63, 3.8) is 0 Å². The summed E-state index contributed by atoms with van der Waals surface area (Å²) in [4.78, 5) is 16.3. The van der Waals surface area contributed by atoms with Gasteiger partial charge in [-0.2, -0.15) is 0 Å². The average molecular weight is 323 g/mol. The second-order valence-corrected chi connectivity index (χ2v) is 5.04. The Bertz CT molecular complexity index is 799. The number of furan rings is 1. The van der Waals surface area contributed by atoms with Crippen LogP contribution in [0.2, 0.25) is 0 Å². The topological polar surface area (TPSA) is 76.4 Å². The lowest BCUT2D eigenvalue weighted by molar-refractivity contribution is 0.251. The minimum Gasteiger partial charge on any atom is -0.495 e. The Morgan fingerprint density at radius 3 is 2.75 bits per heavy atom. The van der Waals surface area contributed by atoms with Crippen molar-refractivity contribution in [3.05, 3.63) is 66.6 Å². The molecule has 0 aliphatic heterocycles. The van der Waals surface area contributed by atoms with Crippen LogP contribution in [-0.2, 0) is 6.54 Å². The number of anilines is 1. The fourth-order valence-corrected chi connectivity index (χ4v) is 2.20. The maximum absolute atomic E-state index is 12.0. The molecule has 2 heterocycles. The van der Waals surface area contributed by atoms with Crippen LogP contribution < -0.4 is 15.4 Å². The van der Waals surface area contributed by atoms with Crippen molar-refractivity contribution in [1.82, 2.24) is 10.3 Å². The molecular weight excluding hydrogens is 306 g/mol. The van der Waals surface area contributed by atoms with Crippen LogP contribution >= 0.6 is 0 Å². The summed E-state index contributed by atoms with van der Waals surface area (Å²) in [6.45, 7) is 0.367. The van der Waals surface area contributed by atoms with E-state index in [0.29, 0.717) is 23.7 Å². The first kappa shape index (κ1) is 15.6. The summed E-state index contributed by atoms with van der Waals surface area (Å²) in [5, 5.41) is 5.54. The maximum Gasteiger partial charge on any atom is 0.319 e. The summed E-state index contributed by atoms with van der Waals surface area (Å²) in [6, 6.07) is 14.3. The Morgan fingerprint density at radius 2 is 2.04 bits per heavy atom. The molecule has 1 aromatic carbocycles. The van der Waals surface area contributed by atoms with Gasteiger partial charge in [0.05, 0.1) is 19.1 Å². The molecule has 0 saturated heterocycles. The zero-order valence-corrected chi connectivity index (χ0v) is 13.2. The highest BCUT2D eigenvalue weighted by Gasteiger charge is 2.07. The lowest BCUT2D eigenvalue weighted by atomic mass is 10.2. The molecule has 122 valence electrons. The van der Waals surface area contributed by atoms with Crippen LogP contribution in [0.5, 0.6) is 5.75 Å². The lowest BCUT2D eigenvalue weighted by Gasteiger charge is -2.11. The standard InChI is InChI=1S/C18H17N3O3/c1-23-16-6-3-2-5-15(16)21-18(22)20-12-13-8-9-14(19-11-13)17-7-4-10-24-17/h2-11H,12H2,1H3,(H2,20,21,22). The third kappa shape index (κ3) is 3.73. The number of rotatable bonds is 5. The average Bonchev–Trinajstić information content (AvgIpc) is 3.15. The molecule has 0 fully saturated rings. The van der Waals surface area contributed by atoms with Gasteiger partial charge >= 0.3 is 6.03 Å². The molecule has 0 unspecified atom stereocenters. The van der Waals surface area contributed by atoms with Gasteiger partial charge in [-0.3, -0.25) is 4.98 Å². The minimum absolute atomic E-state index is 0.311. The molecule has 0 spiro atoms. The van der Waals surface area contributed by atoms with Gasteiger partial charge in [0.25, 0.3) is 0 Å². The van der Waals surface area contributed by atoms with Crippen molar-refractivity contribution in [2.45, 2.75) is 6.54 Å². The molecule has 0 atom stereocenters. The lowest BCUT2D eigenvalue weighted by Crippen LogP contribution is -2.28. The van der Waals surface area contributed by atoms with Crippen LogP contribution in [0.25, 0.3) is 11.5 Å². The van der Waals surface area contributed by atoms with Gasteiger partial charge in [-0.05, 0) is 35.9 Å². The normalized spacial score (nSPS) is 10.2. The molecule has 0 saturated carbocycles. The number of ether oxygens (including phenoxy) is 1. The Hall–Kier alpha value is -3.28. The van der Waals surface area contributed by atoms with Crippen molar-refractivity contribution in [3.8, 4) is 17.2 Å². The maximum atomic E-state index is 12.0. The number of nitrogens with one attached hydrogen (secondary N) is 2. The monoisotopic (exact) mass is 323 g/mol. The van der Waals surface area contributed by atoms with E-state index in [0.717, 1.165) is 11.3 Å². The summed E-state index contributed by atoms with van der Waals surface area (Å²) in [7, 11) is 1.56. The number of carbonyl (C=O) groups is 1. The molecule has 2 N–H and O–H groups in total. The predicted octanol–water partition coefficient (Wildman–Crippen LogP) is 3.67. The molecule has 0 radical (unpaired) electrons. The number of urea groups is 1. The van der Waals surface area contributed by atoms with Crippen molar-refractivity contribution < 1.29 is 13.9 Å². The number of hydrogen-bond donors (Lipinski definition) is 2. The zero-order chi connectivity index (χ0) is 16.8. The second-order valence-electron chi connectivity index (χ2n) is 5.04. The third-order valence-corrected chi connectivity index (χ3v) is 3.41. The van der Waals surface area contributed by atoms with E-state index in [-0.39, 0.29) is 6.03 Å². The largest absolute Gasteiger partial charge is 0.495 e. The van der Waals surface area contributed by atoms with Crippen molar-refractivity contribution in [1.29, 1.82) is 0 Å². The SMILES string of the molecule is COc1ccccc1NC(=O)NCc1ccc(-c2ccco2)nc1. The smallest absolute Gasteiger partial charge is 0.319 e. The summed E-state index contributed by atoms with van der Waals surface area (Å²) in [5.74, 6) is 1.32. The van der Waals surface area contributed by atoms with Crippen molar-refractivity contribution >= 4 is 11.7 Å². The summed E-state index contributed by atoms with van der Waals surface area (Å²) < 4.78 is 10.5. The molecule has 3 aromatic rings. The molecule has 0 bridgehead atoms. The highest BCUT2D eigenvalue weighted by molar-refractivity contribution is 5.90. The number of benzene rings is 1. The van der Waals surface area contributed by atoms with E-state index in [4.69, 9.17) is 9.15 Å². The van der Waals surface area contributed by atoms with Gasteiger partial charge in [-0.25, -0.2) is 4.79 Å². The first-order chi connectivity index (χ1) is 11.8. The molecule has 0 aliphatic rings. The van der Waals surface area contributed by atoms with Gasteiger partial charge in [0.15, 0.2) is 5.76 Å². The number of hydrogen-bond acceptors (Lipinski definition) is 4. The highest BCUT2D eigenvalue weighted by Crippen LogP contribution is 2.22. The quantitative estimate of drug-likeness (QED) is 0.751. The van der Waals surface area contributed by atoms with E-state index < -0.39 is 0 Å². The van der Waals surface area contributed by atoms with E-state index in [2.05, 4.69) is 15.6 Å². The van der Waals surface area contributed by atoms with Crippen LogP contribution in [0, 0.1) is 0 Å². The van der Waals surface area contributed by atoms with Crippen LogP contribution in [0.1, 0.15) is 5.56 Å². The first-order valence-electron chi connectivity index (χ1n) is 7.43. The van der Waals surface area contributed by atoms with E-state index in [9.17, 15) is 4.79 Å². The van der Waals surface area contributed by atoms with Crippen LogP contribution in [-0.4, -0.2) is 18.1 Å². The summed E-state index contributed by atoms with van der Waals surface area (Å²) >= 11 is 0. The third-order valence-electron chi connectivity index (χ3n) is 3.41. The van der Waals surface area contributed by atoms with Crippen LogP contribution in [0.3, 0.4) is 0 Å². The first-order valence-corrected chi connectivity index (χ1v) is 7.43. The number of carbonyl (C=O) groups excluding carboxylic acids is 1. The Labute approximate surface area is 139 Å². The molecule has 6 heteroatoms. The van der Waals surface area contributed by atoms with Gasteiger partial charge in [0.2, 0.25) is 0 Å². The molecule has 24 heavy (non-hydrogen) atoms. The van der Waals surface area contributed by atoms with Gasteiger partial charge in [-0.15, -0.1) is 0 Å². The Morgan fingerprint density at radius 1 is 1.17 bits per heavy atom. The number of pyridine rings is 1. The molecule has 2 amide bonds. The number of methoxy groups -OCH3 is 1. The number of nitrogens with zero attached hydrogens (tertiary/aromatic N) is 1. The fourth-order valence-electron chi connectivity index (χ4n) is 2.20. The Kier molecular flexibility index (Phi) is 4.76. The summed E-state index contributed by atoms with van der Waals surface area (Å²) in [5.41, 5.74) is 2.26. The molecule has 2 aromatic heterocycles. The van der Waals surface area contributed by atoms with E-state index in [1.165, 1.54) is 0 Å². The molecule has 0 aliphatic carbocycles. The van der Waals surface area contributed by atoms with Gasteiger partial charge in [-0.1, -0.05) is 18.2 Å². The molecule has 3 rings (SSSR count). The molecular formula is C18H17N3O3. The van der Waals surface area contributed by atoms with Gasteiger partial charge < -0.3 is 19.8 Å². The second kappa shape index (κ2) is 7.32.